The van der Waals surface area contributed by atoms with Crippen LogP contribution in [0.15, 0.2) is 30.3 Å². The summed E-state index contributed by atoms with van der Waals surface area (Å²) in [6.45, 7) is 0. The number of hydrogen-bond acceptors (Lipinski definition) is 4. The predicted octanol–water partition coefficient (Wildman–Crippen LogP) is 4.67. The van der Waals surface area contributed by atoms with Gasteiger partial charge in [0.15, 0.2) is 0 Å². The summed E-state index contributed by atoms with van der Waals surface area (Å²) < 4.78 is 25.7. The Morgan fingerprint density at radius 3 is 2.34 bits per heavy atom. The molecule has 0 radical (unpaired) electrons. The minimum Gasteiger partial charge on any atom is -0.478 e. The lowest BCUT2D eigenvalue weighted by atomic mass is 9.76. The molecule has 2 aromatic rings. The molecule has 3 rings (SSSR count). The molecule has 1 aliphatic rings. The number of rotatable bonds is 5. The summed E-state index contributed by atoms with van der Waals surface area (Å²) >= 11 is 12.2. The fourth-order valence-corrected chi connectivity index (χ4v) is 4.59. The van der Waals surface area contributed by atoms with E-state index in [0.717, 1.165) is 35.8 Å². The van der Waals surface area contributed by atoms with Gasteiger partial charge in [0.1, 0.15) is 0 Å². The average molecular weight is 480 g/mol. The van der Waals surface area contributed by atoms with Crippen molar-refractivity contribution in [3.05, 3.63) is 62.6 Å². The maximum Gasteiger partial charge on any atom is 0.337 e. The van der Waals surface area contributed by atoms with Gasteiger partial charge in [0, 0.05) is 12.0 Å². The smallest absolute Gasteiger partial charge is 0.337 e. The van der Waals surface area contributed by atoms with Crippen molar-refractivity contribution in [1.82, 2.24) is 5.32 Å². The number of nitrogens with one attached hydrogen (secondary N) is 2. The Morgan fingerprint density at radius 2 is 1.79 bits per heavy atom. The molecule has 2 atom stereocenters. The molecule has 0 saturated carbocycles. The summed E-state index contributed by atoms with van der Waals surface area (Å²) in [4.78, 5) is 11.8. The van der Waals surface area contributed by atoms with Crippen molar-refractivity contribution in [1.29, 1.82) is 0 Å². The topological polar surface area (TPSA) is 95.5 Å². The van der Waals surface area contributed by atoms with E-state index in [-0.39, 0.29) is 35.6 Å². The van der Waals surface area contributed by atoms with E-state index in [0.29, 0.717) is 10.0 Å². The van der Waals surface area contributed by atoms with E-state index in [1.807, 2.05) is 13.1 Å². The van der Waals surface area contributed by atoms with Gasteiger partial charge in [-0.25, -0.2) is 13.2 Å². The number of sulfonamides is 1. The third-order valence-corrected chi connectivity index (χ3v) is 6.27. The number of carboxylic acid groups (broad SMARTS) is 1. The maximum atomic E-state index is 11.8. The molecule has 0 aliphatic heterocycles. The van der Waals surface area contributed by atoms with Gasteiger partial charge in [0.05, 0.1) is 27.6 Å². The van der Waals surface area contributed by atoms with Crippen molar-refractivity contribution in [2.45, 2.75) is 24.8 Å². The van der Waals surface area contributed by atoms with E-state index >= 15 is 0 Å². The number of hydrogen-bond donors (Lipinski definition) is 3. The second-order valence-corrected chi connectivity index (χ2v) is 9.41. The zero-order chi connectivity index (χ0) is 20.6. The van der Waals surface area contributed by atoms with Crippen LogP contribution >= 0.6 is 35.6 Å². The Balaban J connectivity index is 0.00000300. The number of carbonyl (C=O) groups is 1. The first-order valence-electron chi connectivity index (χ1n) is 8.62. The fraction of sp³-hybridized carbons (Fsp3) is 0.316. The Labute approximate surface area is 186 Å². The molecule has 6 nitrogen and oxygen atoms in total. The lowest BCUT2D eigenvalue weighted by molar-refractivity contribution is 0.0698. The molecule has 3 N–H and O–H groups in total. The molecular formula is C19H21Cl3N2O4S. The van der Waals surface area contributed by atoms with Crippen LogP contribution in [0.3, 0.4) is 0 Å². The molecule has 1 unspecified atom stereocenters. The number of anilines is 1. The number of aromatic carboxylic acids is 1. The maximum absolute atomic E-state index is 11.8. The summed E-state index contributed by atoms with van der Waals surface area (Å²) in [6.07, 6.45) is 2.58. The molecule has 0 saturated heterocycles. The van der Waals surface area contributed by atoms with Crippen LogP contribution in [0, 0.1) is 0 Å². The first-order valence-corrected chi connectivity index (χ1v) is 11.3. The van der Waals surface area contributed by atoms with Crippen LogP contribution in [0.4, 0.5) is 5.69 Å². The van der Waals surface area contributed by atoms with Crippen LogP contribution in [0.2, 0.25) is 10.0 Å². The minimum atomic E-state index is -3.63. The van der Waals surface area contributed by atoms with Gasteiger partial charge in [-0.3, -0.25) is 4.72 Å². The standard InChI is InChI=1S/C19H20Cl2N2O4S.ClH/c1-22-17-6-4-11(10-3-5-15(20)16(21)7-10)12-8-14(19(24)25)18(9-13(12)17)23-28(2,26)27;/h3,5,7-9,11,17,22-23H,4,6H2,1-2H3,(H,24,25);1H/t11?,17-;/m0./s1. The highest BCUT2D eigenvalue weighted by Gasteiger charge is 2.30. The number of carboxylic acids is 1. The van der Waals surface area contributed by atoms with Crippen molar-refractivity contribution in [2.75, 3.05) is 18.0 Å². The zero-order valence-corrected chi connectivity index (χ0v) is 18.8. The van der Waals surface area contributed by atoms with Gasteiger partial charge in [0.25, 0.3) is 0 Å². The summed E-state index contributed by atoms with van der Waals surface area (Å²) in [5.41, 5.74) is 2.60. The third kappa shape index (κ3) is 5.16. The van der Waals surface area contributed by atoms with Crippen molar-refractivity contribution in [3.63, 3.8) is 0 Å². The summed E-state index contributed by atoms with van der Waals surface area (Å²) in [5.74, 6) is -1.27. The van der Waals surface area contributed by atoms with Crippen molar-refractivity contribution < 1.29 is 18.3 Å². The first-order chi connectivity index (χ1) is 13.1. The Hall–Kier alpha value is -1.51. The number of benzene rings is 2. The molecule has 0 heterocycles. The quantitative estimate of drug-likeness (QED) is 0.579. The Bertz CT molecular complexity index is 1040. The molecule has 2 aromatic carbocycles. The molecule has 0 spiro atoms. The van der Waals surface area contributed by atoms with Crippen LogP contribution < -0.4 is 10.0 Å². The minimum absolute atomic E-state index is 0. The van der Waals surface area contributed by atoms with Crippen LogP contribution in [0.25, 0.3) is 0 Å². The number of fused-ring (bicyclic) bond motifs is 1. The van der Waals surface area contributed by atoms with Crippen molar-refractivity contribution in [2.24, 2.45) is 0 Å². The van der Waals surface area contributed by atoms with E-state index in [1.165, 1.54) is 0 Å². The van der Waals surface area contributed by atoms with Crippen molar-refractivity contribution in [3.8, 4) is 0 Å². The fourth-order valence-electron chi connectivity index (χ4n) is 3.72. The molecule has 0 aromatic heterocycles. The van der Waals surface area contributed by atoms with Gasteiger partial charge in [-0.2, -0.15) is 0 Å². The first kappa shape index (κ1) is 23.8. The summed E-state index contributed by atoms with van der Waals surface area (Å²) in [6, 6.07) is 8.55. The summed E-state index contributed by atoms with van der Waals surface area (Å²) in [5, 5.41) is 13.7. The van der Waals surface area contributed by atoms with Gasteiger partial charge >= 0.3 is 5.97 Å². The monoisotopic (exact) mass is 478 g/mol. The lowest BCUT2D eigenvalue weighted by Gasteiger charge is -2.33. The van der Waals surface area contributed by atoms with Gasteiger partial charge < -0.3 is 10.4 Å². The van der Waals surface area contributed by atoms with Crippen LogP contribution in [0.5, 0.6) is 0 Å². The highest BCUT2D eigenvalue weighted by molar-refractivity contribution is 7.92. The molecule has 29 heavy (non-hydrogen) atoms. The Kier molecular flexibility index (Phi) is 7.46. The van der Waals surface area contributed by atoms with E-state index < -0.39 is 16.0 Å². The third-order valence-electron chi connectivity index (χ3n) is 4.94. The van der Waals surface area contributed by atoms with E-state index in [2.05, 4.69) is 10.0 Å². The van der Waals surface area contributed by atoms with Gasteiger partial charge in [-0.05, 0) is 60.8 Å². The van der Waals surface area contributed by atoms with Crippen LogP contribution in [0.1, 0.15) is 51.8 Å². The van der Waals surface area contributed by atoms with Gasteiger partial charge in [-0.15, -0.1) is 12.4 Å². The SMILES string of the molecule is CN[C@H]1CCC(c2ccc(Cl)c(Cl)c2)c2cc(C(=O)O)c(NS(C)(=O)=O)cc21.Cl. The van der Waals surface area contributed by atoms with E-state index in [9.17, 15) is 18.3 Å². The average Bonchev–Trinajstić information content (AvgIpc) is 2.61. The predicted molar refractivity (Wildman–Crippen MR) is 118 cm³/mol. The summed E-state index contributed by atoms with van der Waals surface area (Å²) in [7, 11) is -1.80. The van der Waals surface area contributed by atoms with Crippen LogP contribution in [-0.4, -0.2) is 32.8 Å². The second kappa shape index (κ2) is 9.10. The molecule has 0 amide bonds. The normalized spacial score (nSPS) is 18.5. The zero-order valence-electron chi connectivity index (χ0n) is 15.7. The molecule has 10 heteroatoms. The molecule has 1 aliphatic carbocycles. The highest BCUT2D eigenvalue weighted by Crippen LogP contribution is 2.44. The number of halogens is 3. The molecular weight excluding hydrogens is 459 g/mol. The molecule has 0 fully saturated rings. The van der Waals surface area contributed by atoms with Gasteiger partial charge in [-0.1, -0.05) is 29.3 Å². The van der Waals surface area contributed by atoms with Crippen molar-refractivity contribution >= 4 is 57.3 Å². The van der Waals surface area contributed by atoms with Crippen LogP contribution in [-0.2, 0) is 10.0 Å². The van der Waals surface area contributed by atoms with Gasteiger partial charge in [0.2, 0.25) is 10.0 Å². The molecule has 0 bridgehead atoms. The highest BCUT2D eigenvalue weighted by atomic mass is 35.5. The lowest BCUT2D eigenvalue weighted by Crippen LogP contribution is -2.25. The largest absolute Gasteiger partial charge is 0.478 e. The van der Waals surface area contributed by atoms with E-state index in [1.54, 1.807) is 24.3 Å². The molecule has 158 valence electrons. The van der Waals surface area contributed by atoms with E-state index in [4.69, 9.17) is 23.2 Å². The second-order valence-electron chi connectivity index (χ2n) is 6.85. The Morgan fingerprint density at radius 1 is 1.10 bits per heavy atom.